The maximum Gasteiger partial charge on any atom is 0.226 e. The van der Waals surface area contributed by atoms with E-state index in [2.05, 4.69) is 39.0 Å². The van der Waals surface area contributed by atoms with E-state index >= 15 is 0 Å². The number of nitrogens with one attached hydrogen (secondary N) is 2. The maximum absolute atomic E-state index is 4.57. The van der Waals surface area contributed by atoms with Crippen LogP contribution < -0.4 is 10.6 Å². The summed E-state index contributed by atoms with van der Waals surface area (Å²) in [5.74, 6) is 2.53. The van der Waals surface area contributed by atoms with Crippen LogP contribution in [0.5, 0.6) is 0 Å². The third kappa shape index (κ3) is 2.27. The molecule has 1 saturated carbocycles. The van der Waals surface area contributed by atoms with Crippen LogP contribution in [0.15, 0.2) is 11.4 Å². The number of rotatable bonds is 5. The summed E-state index contributed by atoms with van der Waals surface area (Å²) in [5.41, 5.74) is 0. The fourth-order valence-electron chi connectivity index (χ4n) is 2.17. The van der Waals surface area contributed by atoms with Gasteiger partial charge in [0.05, 0.1) is 5.39 Å². The first-order chi connectivity index (χ1) is 8.86. The molecule has 0 atom stereocenters. The Labute approximate surface area is 111 Å². The van der Waals surface area contributed by atoms with E-state index in [9.17, 15) is 0 Å². The number of thiophene rings is 1. The van der Waals surface area contributed by atoms with Gasteiger partial charge in [-0.15, -0.1) is 11.3 Å². The zero-order valence-corrected chi connectivity index (χ0v) is 11.4. The van der Waals surface area contributed by atoms with Gasteiger partial charge in [0.15, 0.2) is 0 Å². The molecule has 5 heteroatoms. The molecule has 0 unspecified atom stereocenters. The Morgan fingerprint density at radius 2 is 2.22 bits per heavy atom. The number of hydrogen-bond acceptors (Lipinski definition) is 5. The lowest BCUT2D eigenvalue weighted by atomic mass is 9.85. The van der Waals surface area contributed by atoms with Gasteiger partial charge in [-0.3, -0.25) is 0 Å². The summed E-state index contributed by atoms with van der Waals surface area (Å²) in [7, 11) is 0. The average Bonchev–Trinajstić information content (AvgIpc) is 2.75. The molecule has 2 aromatic rings. The molecular formula is C13H18N4S. The van der Waals surface area contributed by atoms with Crippen LogP contribution in [0.2, 0.25) is 0 Å². The van der Waals surface area contributed by atoms with E-state index in [1.165, 1.54) is 19.3 Å². The van der Waals surface area contributed by atoms with Gasteiger partial charge in [-0.05, 0) is 37.1 Å². The molecule has 1 fully saturated rings. The van der Waals surface area contributed by atoms with Crippen molar-refractivity contribution < 1.29 is 0 Å². The van der Waals surface area contributed by atoms with Crippen LogP contribution >= 0.6 is 11.3 Å². The lowest BCUT2D eigenvalue weighted by Crippen LogP contribution is -2.21. The van der Waals surface area contributed by atoms with E-state index in [-0.39, 0.29) is 0 Å². The lowest BCUT2D eigenvalue weighted by Gasteiger charge is -2.25. The van der Waals surface area contributed by atoms with E-state index in [4.69, 9.17) is 0 Å². The number of aromatic nitrogens is 2. The molecule has 1 aliphatic rings. The Morgan fingerprint density at radius 1 is 1.33 bits per heavy atom. The molecule has 18 heavy (non-hydrogen) atoms. The van der Waals surface area contributed by atoms with Crippen LogP contribution in [0, 0.1) is 5.92 Å². The number of anilines is 2. The normalized spacial score (nSPS) is 15.6. The van der Waals surface area contributed by atoms with Crippen molar-refractivity contribution in [2.45, 2.75) is 26.2 Å². The molecule has 0 amide bonds. The summed E-state index contributed by atoms with van der Waals surface area (Å²) in [5, 5.41) is 9.89. The number of hydrogen-bond donors (Lipinski definition) is 2. The van der Waals surface area contributed by atoms with Gasteiger partial charge >= 0.3 is 0 Å². The minimum atomic E-state index is 0.726. The van der Waals surface area contributed by atoms with Crippen LogP contribution in [0.4, 0.5) is 11.8 Å². The van der Waals surface area contributed by atoms with E-state index < -0.39 is 0 Å². The maximum atomic E-state index is 4.57. The van der Waals surface area contributed by atoms with Crippen molar-refractivity contribution in [2.24, 2.45) is 5.92 Å². The molecule has 1 aliphatic carbocycles. The first-order valence-electron chi connectivity index (χ1n) is 6.60. The predicted octanol–water partition coefficient (Wildman–Crippen LogP) is 3.34. The molecule has 0 bridgehead atoms. The van der Waals surface area contributed by atoms with E-state index in [0.717, 1.165) is 41.0 Å². The second-order valence-electron chi connectivity index (χ2n) is 4.74. The third-order valence-corrected chi connectivity index (χ3v) is 4.25. The van der Waals surface area contributed by atoms with E-state index in [1.54, 1.807) is 11.3 Å². The molecule has 4 nitrogen and oxygen atoms in total. The number of nitrogens with zero attached hydrogens (tertiary/aromatic N) is 2. The summed E-state index contributed by atoms with van der Waals surface area (Å²) in [6, 6.07) is 2.10. The van der Waals surface area contributed by atoms with E-state index in [0.29, 0.717) is 0 Å². The highest BCUT2D eigenvalue weighted by Crippen LogP contribution is 2.29. The van der Waals surface area contributed by atoms with Gasteiger partial charge in [0, 0.05) is 13.1 Å². The highest BCUT2D eigenvalue weighted by atomic mass is 32.1. The van der Waals surface area contributed by atoms with Crippen LogP contribution in [0.3, 0.4) is 0 Å². The van der Waals surface area contributed by atoms with Crippen LogP contribution in [-0.4, -0.2) is 23.1 Å². The Bertz CT molecular complexity index is 533. The standard InChI is InChI=1S/C13H18N4S/c1-2-14-13-16-11(15-8-9-4-3-5-9)10-6-7-18-12(10)17-13/h6-7,9H,2-5,8H2,1H3,(H2,14,15,16,17). The second-order valence-corrected chi connectivity index (χ2v) is 5.64. The molecule has 0 aromatic carbocycles. The van der Waals surface area contributed by atoms with Crippen LogP contribution in [0.25, 0.3) is 10.2 Å². The summed E-state index contributed by atoms with van der Waals surface area (Å²) < 4.78 is 0. The highest BCUT2D eigenvalue weighted by Gasteiger charge is 2.18. The van der Waals surface area contributed by atoms with Gasteiger partial charge < -0.3 is 10.6 Å². The van der Waals surface area contributed by atoms with Gasteiger partial charge in [-0.25, -0.2) is 4.98 Å². The Balaban J connectivity index is 1.84. The van der Waals surface area contributed by atoms with Crippen LogP contribution in [-0.2, 0) is 0 Å². The zero-order chi connectivity index (χ0) is 12.4. The van der Waals surface area contributed by atoms with Crippen molar-refractivity contribution in [1.29, 1.82) is 0 Å². The minimum Gasteiger partial charge on any atom is -0.369 e. The predicted molar refractivity (Wildman–Crippen MR) is 77.4 cm³/mol. The van der Waals surface area contributed by atoms with Crippen molar-refractivity contribution in [3.63, 3.8) is 0 Å². The zero-order valence-electron chi connectivity index (χ0n) is 10.6. The van der Waals surface area contributed by atoms with Gasteiger partial charge in [-0.2, -0.15) is 4.98 Å². The molecule has 96 valence electrons. The molecule has 0 aliphatic heterocycles. The van der Waals surface area contributed by atoms with Crippen molar-refractivity contribution in [3.05, 3.63) is 11.4 Å². The molecule has 2 heterocycles. The van der Waals surface area contributed by atoms with E-state index in [1.807, 2.05) is 0 Å². The summed E-state index contributed by atoms with van der Waals surface area (Å²) in [4.78, 5) is 10.1. The molecule has 0 radical (unpaired) electrons. The molecule has 0 saturated heterocycles. The van der Waals surface area contributed by atoms with Gasteiger partial charge in [0.2, 0.25) is 5.95 Å². The smallest absolute Gasteiger partial charge is 0.226 e. The Morgan fingerprint density at radius 3 is 2.94 bits per heavy atom. The van der Waals surface area contributed by atoms with Gasteiger partial charge in [-0.1, -0.05) is 6.42 Å². The summed E-state index contributed by atoms with van der Waals surface area (Å²) >= 11 is 1.66. The van der Waals surface area contributed by atoms with Crippen molar-refractivity contribution in [2.75, 3.05) is 23.7 Å². The van der Waals surface area contributed by atoms with Gasteiger partial charge in [0.25, 0.3) is 0 Å². The first-order valence-corrected chi connectivity index (χ1v) is 7.47. The Kier molecular flexibility index (Phi) is 3.32. The van der Waals surface area contributed by atoms with Crippen molar-refractivity contribution in [3.8, 4) is 0 Å². The first kappa shape index (κ1) is 11.7. The molecule has 3 rings (SSSR count). The van der Waals surface area contributed by atoms with Gasteiger partial charge in [0.1, 0.15) is 10.6 Å². The van der Waals surface area contributed by atoms with Crippen LogP contribution in [0.1, 0.15) is 26.2 Å². The van der Waals surface area contributed by atoms with Crippen molar-refractivity contribution >= 4 is 33.3 Å². The monoisotopic (exact) mass is 262 g/mol. The fraction of sp³-hybridized carbons (Fsp3) is 0.538. The second kappa shape index (κ2) is 5.10. The average molecular weight is 262 g/mol. The summed E-state index contributed by atoms with van der Waals surface area (Å²) in [6.07, 6.45) is 4.09. The molecule has 2 N–H and O–H groups in total. The number of fused-ring (bicyclic) bond motifs is 1. The third-order valence-electron chi connectivity index (χ3n) is 3.44. The topological polar surface area (TPSA) is 49.8 Å². The SMILES string of the molecule is CCNc1nc(NCC2CCC2)c2ccsc2n1. The molecule has 2 aromatic heterocycles. The largest absolute Gasteiger partial charge is 0.369 e. The summed E-state index contributed by atoms with van der Waals surface area (Å²) in [6.45, 7) is 3.94. The molecule has 0 spiro atoms. The molecular weight excluding hydrogens is 244 g/mol. The highest BCUT2D eigenvalue weighted by molar-refractivity contribution is 7.16. The van der Waals surface area contributed by atoms with Crippen molar-refractivity contribution in [1.82, 2.24) is 9.97 Å². The quantitative estimate of drug-likeness (QED) is 0.867. The fourth-order valence-corrected chi connectivity index (χ4v) is 2.93. The lowest BCUT2D eigenvalue weighted by molar-refractivity contribution is 0.333. The Hall–Kier alpha value is -1.36. The minimum absolute atomic E-state index is 0.726.